The van der Waals surface area contributed by atoms with Crippen LogP contribution in [0.4, 0.5) is 0 Å². The van der Waals surface area contributed by atoms with Crippen LogP contribution in [-0.2, 0) is 6.54 Å². The molecule has 0 atom stereocenters. The molecule has 1 aliphatic carbocycles. The van der Waals surface area contributed by atoms with Gasteiger partial charge in [0.2, 0.25) is 0 Å². The second-order valence-electron chi connectivity index (χ2n) is 6.28. The molecule has 0 spiro atoms. The molecular weight excluding hydrogens is 276 g/mol. The third kappa shape index (κ3) is 3.59. The van der Waals surface area contributed by atoms with Gasteiger partial charge in [0.15, 0.2) is 5.76 Å². The molecule has 0 bridgehead atoms. The van der Waals surface area contributed by atoms with Crippen LogP contribution in [0.15, 0.2) is 22.7 Å². The average Bonchev–Trinajstić information content (AvgIpc) is 3.24. The number of furan rings is 1. The standard InChI is InChI=1S/C17H26N4O/c1-13-7-8-16(22-13)17-14(12-19-20-17)11-18-9-10-21(2)15-5-3-4-6-15/h7-8,12,15,18H,3-6,9-11H2,1-2H3,(H,19,20). The molecular formula is C17H26N4O. The Balaban J connectivity index is 1.47. The topological polar surface area (TPSA) is 57.1 Å². The number of nitrogens with one attached hydrogen (secondary N) is 2. The molecule has 0 unspecified atom stereocenters. The van der Waals surface area contributed by atoms with Crippen LogP contribution in [0.1, 0.15) is 37.0 Å². The lowest BCUT2D eigenvalue weighted by atomic mass is 10.2. The smallest absolute Gasteiger partial charge is 0.152 e. The summed E-state index contributed by atoms with van der Waals surface area (Å²) in [6, 6.07) is 4.75. The van der Waals surface area contributed by atoms with E-state index < -0.39 is 0 Å². The Hall–Kier alpha value is -1.59. The summed E-state index contributed by atoms with van der Waals surface area (Å²) in [7, 11) is 2.24. The molecule has 120 valence electrons. The van der Waals surface area contributed by atoms with Crippen molar-refractivity contribution < 1.29 is 4.42 Å². The number of hydrogen-bond donors (Lipinski definition) is 2. The molecule has 2 heterocycles. The molecule has 2 aromatic heterocycles. The van der Waals surface area contributed by atoms with Crippen molar-refractivity contribution in [3.05, 3.63) is 29.7 Å². The summed E-state index contributed by atoms with van der Waals surface area (Å²) < 4.78 is 5.67. The van der Waals surface area contributed by atoms with Gasteiger partial charge < -0.3 is 14.6 Å². The largest absolute Gasteiger partial charge is 0.460 e. The van der Waals surface area contributed by atoms with E-state index in [2.05, 4.69) is 27.5 Å². The molecule has 5 heteroatoms. The monoisotopic (exact) mass is 302 g/mol. The zero-order valence-corrected chi connectivity index (χ0v) is 13.6. The maximum absolute atomic E-state index is 5.67. The van der Waals surface area contributed by atoms with Crippen LogP contribution < -0.4 is 5.32 Å². The molecule has 3 rings (SSSR count). The maximum atomic E-state index is 5.67. The van der Waals surface area contributed by atoms with Crippen LogP contribution in [0.5, 0.6) is 0 Å². The van der Waals surface area contributed by atoms with E-state index in [9.17, 15) is 0 Å². The molecule has 2 N–H and O–H groups in total. The van der Waals surface area contributed by atoms with E-state index in [1.54, 1.807) is 0 Å². The molecule has 22 heavy (non-hydrogen) atoms. The van der Waals surface area contributed by atoms with E-state index >= 15 is 0 Å². The zero-order valence-electron chi connectivity index (χ0n) is 13.6. The lowest BCUT2D eigenvalue weighted by molar-refractivity contribution is 0.245. The van der Waals surface area contributed by atoms with Gasteiger partial charge in [-0.3, -0.25) is 5.10 Å². The quantitative estimate of drug-likeness (QED) is 0.772. The van der Waals surface area contributed by atoms with E-state index in [1.165, 1.54) is 25.7 Å². The fourth-order valence-corrected chi connectivity index (χ4v) is 3.23. The number of H-pyrrole nitrogens is 1. The summed E-state index contributed by atoms with van der Waals surface area (Å²) >= 11 is 0. The minimum atomic E-state index is 0.789. The first-order chi connectivity index (χ1) is 10.7. The molecule has 0 aliphatic heterocycles. The summed E-state index contributed by atoms with van der Waals surface area (Å²) in [5.41, 5.74) is 2.13. The molecule has 0 amide bonds. The summed E-state index contributed by atoms with van der Waals surface area (Å²) in [6.07, 6.45) is 7.38. The van der Waals surface area contributed by atoms with Gasteiger partial charge in [-0.05, 0) is 38.9 Å². The molecule has 0 saturated heterocycles. The van der Waals surface area contributed by atoms with Crippen molar-refractivity contribution in [3.63, 3.8) is 0 Å². The Morgan fingerprint density at radius 1 is 1.36 bits per heavy atom. The Morgan fingerprint density at radius 2 is 2.18 bits per heavy atom. The lowest BCUT2D eigenvalue weighted by Gasteiger charge is -2.23. The second-order valence-corrected chi connectivity index (χ2v) is 6.28. The van der Waals surface area contributed by atoms with E-state index in [0.717, 1.165) is 48.5 Å². The molecule has 1 fully saturated rings. The van der Waals surface area contributed by atoms with Crippen molar-refractivity contribution in [2.75, 3.05) is 20.1 Å². The van der Waals surface area contributed by atoms with Gasteiger partial charge in [-0.2, -0.15) is 5.10 Å². The van der Waals surface area contributed by atoms with E-state index in [0.29, 0.717) is 0 Å². The van der Waals surface area contributed by atoms with Gasteiger partial charge in [-0.25, -0.2) is 0 Å². The highest BCUT2D eigenvalue weighted by Crippen LogP contribution is 2.23. The van der Waals surface area contributed by atoms with Crippen LogP contribution in [0.25, 0.3) is 11.5 Å². The van der Waals surface area contributed by atoms with Crippen molar-refractivity contribution >= 4 is 0 Å². The summed E-state index contributed by atoms with van der Waals surface area (Å²) in [4.78, 5) is 2.49. The first-order valence-corrected chi connectivity index (χ1v) is 8.24. The number of nitrogens with zero attached hydrogens (tertiary/aromatic N) is 2. The van der Waals surface area contributed by atoms with Crippen LogP contribution in [0.3, 0.4) is 0 Å². The van der Waals surface area contributed by atoms with Crippen LogP contribution >= 0.6 is 0 Å². The molecule has 5 nitrogen and oxygen atoms in total. The highest BCUT2D eigenvalue weighted by Gasteiger charge is 2.18. The Labute approximate surface area is 132 Å². The van der Waals surface area contributed by atoms with Crippen molar-refractivity contribution in [1.82, 2.24) is 20.4 Å². The molecule has 2 aromatic rings. The third-order valence-corrected chi connectivity index (χ3v) is 4.61. The van der Waals surface area contributed by atoms with E-state index in [1.807, 2.05) is 25.3 Å². The van der Waals surface area contributed by atoms with Gasteiger partial charge in [0, 0.05) is 31.2 Å². The van der Waals surface area contributed by atoms with Gasteiger partial charge in [0.1, 0.15) is 11.5 Å². The third-order valence-electron chi connectivity index (χ3n) is 4.61. The maximum Gasteiger partial charge on any atom is 0.152 e. The predicted octanol–water partition coefficient (Wildman–Crippen LogP) is 2.94. The van der Waals surface area contributed by atoms with E-state index in [-0.39, 0.29) is 0 Å². The highest BCUT2D eigenvalue weighted by molar-refractivity contribution is 5.56. The Kier molecular flexibility index (Phi) is 4.95. The minimum absolute atomic E-state index is 0.789. The molecule has 0 radical (unpaired) electrons. The van der Waals surface area contributed by atoms with Gasteiger partial charge in [0.05, 0.1) is 6.20 Å². The number of rotatable bonds is 7. The average molecular weight is 302 g/mol. The van der Waals surface area contributed by atoms with Gasteiger partial charge in [-0.15, -0.1) is 0 Å². The van der Waals surface area contributed by atoms with Crippen LogP contribution in [0, 0.1) is 6.92 Å². The van der Waals surface area contributed by atoms with Gasteiger partial charge in [-0.1, -0.05) is 12.8 Å². The van der Waals surface area contributed by atoms with Gasteiger partial charge in [0.25, 0.3) is 0 Å². The highest BCUT2D eigenvalue weighted by atomic mass is 16.3. The SMILES string of the molecule is Cc1ccc(-c2[nH]ncc2CNCCN(C)C2CCCC2)o1. The summed E-state index contributed by atoms with van der Waals surface area (Å²) in [5, 5.41) is 10.7. The molecule has 0 aromatic carbocycles. The summed E-state index contributed by atoms with van der Waals surface area (Å²) in [5.74, 6) is 1.77. The first kappa shape index (κ1) is 15.3. The Morgan fingerprint density at radius 3 is 2.91 bits per heavy atom. The fraction of sp³-hybridized carbons (Fsp3) is 0.588. The van der Waals surface area contributed by atoms with Crippen molar-refractivity contribution in [3.8, 4) is 11.5 Å². The Bertz CT molecular complexity index is 583. The normalized spacial score (nSPS) is 16.0. The van der Waals surface area contributed by atoms with Crippen LogP contribution in [0.2, 0.25) is 0 Å². The number of aromatic amines is 1. The van der Waals surface area contributed by atoms with E-state index in [4.69, 9.17) is 4.42 Å². The molecule has 1 aliphatic rings. The number of aromatic nitrogens is 2. The number of hydrogen-bond acceptors (Lipinski definition) is 4. The predicted molar refractivity (Wildman–Crippen MR) is 87.6 cm³/mol. The first-order valence-electron chi connectivity index (χ1n) is 8.24. The van der Waals surface area contributed by atoms with Crippen molar-refractivity contribution in [2.24, 2.45) is 0 Å². The summed E-state index contributed by atoms with van der Waals surface area (Å²) in [6.45, 7) is 4.85. The number of aryl methyl sites for hydroxylation is 1. The van der Waals surface area contributed by atoms with Gasteiger partial charge >= 0.3 is 0 Å². The van der Waals surface area contributed by atoms with Crippen LogP contribution in [-0.4, -0.2) is 41.3 Å². The fourth-order valence-electron chi connectivity index (χ4n) is 3.23. The lowest BCUT2D eigenvalue weighted by Crippen LogP contribution is -2.35. The van der Waals surface area contributed by atoms with Crippen molar-refractivity contribution in [2.45, 2.75) is 45.2 Å². The molecule has 1 saturated carbocycles. The number of likely N-dealkylation sites (N-methyl/N-ethyl adjacent to an activating group) is 1. The van der Waals surface area contributed by atoms with Crippen molar-refractivity contribution in [1.29, 1.82) is 0 Å². The zero-order chi connectivity index (χ0) is 15.4. The minimum Gasteiger partial charge on any atom is -0.460 e. The second kappa shape index (κ2) is 7.11.